The van der Waals surface area contributed by atoms with Crippen molar-refractivity contribution >= 4 is 23.5 Å². The highest BCUT2D eigenvalue weighted by atomic mass is 16.8. The number of esters is 2. The van der Waals surface area contributed by atoms with Crippen LogP contribution in [0.3, 0.4) is 0 Å². The van der Waals surface area contributed by atoms with E-state index in [0.717, 1.165) is 23.4 Å². The smallest absolute Gasteiger partial charge is 0.420 e. The van der Waals surface area contributed by atoms with E-state index >= 15 is 0 Å². The molecule has 10 heteroatoms. The van der Waals surface area contributed by atoms with E-state index in [4.69, 9.17) is 23.7 Å². The number of carbonyl (C=O) groups is 3. The zero-order valence-corrected chi connectivity index (χ0v) is 19.3. The SMILES string of the molecule is COc1cc2c(cc1OC)[C@@]13CCN4CC5=CCO[C@H]6CC(=O)N2[C@H]1[C@H]6[C@H]5C1(OC(=O)C(=O)O1)[C@H]43. The summed E-state index contributed by atoms with van der Waals surface area (Å²) >= 11 is 0. The molecule has 35 heavy (non-hydrogen) atoms. The first kappa shape index (κ1) is 20.1. The van der Waals surface area contributed by atoms with E-state index in [1.807, 2.05) is 23.1 Å². The van der Waals surface area contributed by atoms with E-state index in [-0.39, 0.29) is 36.3 Å². The fourth-order valence-corrected chi connectivity index (χ4v) is 8.64. The maximum absolute atomic E-state index is 13.7. The molecule has 6 aliphatic heterocycles. The quantitative estimate of drug-likeness (QED) is 0.340. The van der Waals surface area contributed by atoms with Crippen molar-refractivity contribution in [3.8, 4) is 11.5 Å². The summed E-state index contributed by atoms with van der Waals surface area (Å²) in [6.45, 7) is 1.77. The lowest BCUT2D eigenvalue weighted by Crippen LogP contribution is -2.78. The minimum atomic E-state index is -1.46. The molecular weight excluding hydrogens is 456 g/mol. The van der Waals surface area contributed by atoms with Gasteiger partial charge in [-0.2, -0.15) is 0 Å². The van der Waals surface area contributed by atoms with Gasteiger partial charge in [0, 0.05) is 30.5 Å². The molecular formula is C25H24N2O8. The summed E-state index contributed by atoms with van der Waals surface area (Å²) in [7, 11) is 3.16. The zero-order valence-electron chi connectivity index (χ0n) is 19.3. The molecule has 0 aromatic heterocycles. The van der Waals surface area contributed by atoms with Gasteiger partial charge in [-0.25, -0.2) is 9.59 Å². The number of ether oxygens (including phenoxy) is 5. The third-order valence-electron chi connectivity index (χ3n) is 9.48. The van der Waals surface area contributed by atoms with Gasteiger partial charge >= 0.3 is 11.9 Å². The van der Waals surface area contributed by atoms with Crippen LogP contribution in [-0.4, -0.2) is 80.6 Å². The average Bonchev–Trinajstić information content (AvgIpc) is 3.41. The van der Waals surface area contributed by atoms with E-state index in [2.05, 4.69) is 4.90 Å². The van der Waals surface area contributed by atoms with Crippen LogP contribution in [0.5, 0.6) is 11.5 Å². The van der Waals surface area contributed by atoms with Crippen LogP contribution in [0.2, 0.25) is 0 Å². The molecule has 8 rings (SSSR count). The Bertz CT molecular complexity index is 1260. The fraction of sp³-hybridized carbons (Fsp3) is 0.560. The van der Waals surface area contributed by atoms with Crippen LogP contribution in [0.4, 0.5) is 5.69 Å². The van der Waals surface area contributed by atoms with Crippen LogP contribution in [0.25, 0.3) is 0 Å². The van der Waals surface area contributed by atoms with Crippen LogP contribution in [0, 0.1) is 11.8 Å². The van der Waals surface area contributed by atoms with Gasteiger partial charge in [-0.15, -0.1) is 0 Å². The number of nitrogens with zero attached hydrogens (tertiary/aromatic N) is 2. The first-order chi connectivity index (χ1) is 16.9. The monoisotopic (exact) mass is 480 g/mol. The Hall–Kier alpha value is -3.11. The number of piperidine rings is 2. The molecule has 0 N–H and O–H groups in total. The Labute approximate surface area is 200 Å². The van der Waals surface area contributed by atoms with Crippen molar-refractivity contribution in [1.82, 2.24) is 4.90 Å². The summed E-state index contributed by atoms with van der Waals surface area (Å²) in [5.74, 6) is -2.85. The van der Waals surface area contributed by atoms with Crippen LogP contribution >= 0.6 is 0 Å². The maximum atomic E-state index is 13.7. The third kappa shape index (κ3) is 2.02. The second-order valence-electron chi connectivity index (χ2n) is 10.5. The van der Waals surface area contributed by atoms with Gasteiger partial charge in [0.15, 0.2) is 11.5 Å². The minimum absolute atomic E-state index is 0.00192. The molecule has 2 spiro atoms. The molecule has 2 bridgehead atoms. The second kappa shape index (κ2) is 6.17. The Balaban J connectivity index is 1.47. The van der Waals surface area contributed by atoms with Gasteiger partial charge in [0.25, 0.3) is 5.79 Å². The van der Waals surface area contributed by atoms with Crippen LogP contribution in [-0.2, 0) is 34.0 Å². The number of hydrogen-bond acceptors (Lipinski definition) is 9. The van der Waals surface area contributed by atoms with Crippen molar-refractivity contribution in [2.75, 3.05) is 38.8 Å². The average molecular weight is 480 g/mol. The molecule has 0 unspecified atom stereocenters. The van der Waals surface area contributed by atoms with E-state index < -0.39 is 29.2 Å². The number of fused-ring (bicyclic) bond motifs is 2. The lowest BCUT2D eigenvalue weighted by molar-refractivity contribution is -0.273. The predicted octanol–water partition coefficient (Wildman–Crippen LogP) is 0.516. The summed E-state index contributed by atoms with van der Waals surface area (Å²) in [6, 6.07) is 3.17. The predicted molar refractivity (Wildman–Crippen MR) is 117 cm³/mol. The molecule has 182 valence electrons. The summed E-state index contributed by atoms with van der Waals surface area (Å²) in [4.78, 5) is 43.0. The normalized spacial score (nSPS) is 39.1. The van der Waals surface area contributed by atoms with Crippen molar-refractivity contribution in [2.24, 2.45) is 11.8 Å². The summed E-state index contributed by atoms with van der Waals surface area (Å²) < 4.78 is 29.5. The summed E-state index contributed by atoms with van der Waals surface area (Å²) in [5.41, 5.74) is 2.14. The zero-order chi connectivity index (χ0) is 23.9. The lowest BCUT2D eigenvalue weighted by atomic mass is 9.51. The molecule has 5 fully saturated rings. The minimum Gasteiger partial charge on any atom is -0.493 e. The number of carbonyl (C=O) groups excluding carboxylic acids is 3. The standard InChI is InChI=1S/C25H24N2O8/c1-31-14-7-12-13(8-15(14)32-2)27-17(28)9-16-18-19-11(3-6-33-16)10-26-5-4-24(12,20(18)27)23(26)25(19)34-21(29)22(30)35-25/h3,7-8,16,18-20,23H,4-6,9-10H2,1-2H3/t16-,18+,19-,20-,23+,24-/m0/s1. The molecule has 7 aliphatic rings. The van der Waals surface area contributed by atoms with Crippen molar-refractivity contribution in [1.29, 1.82) is 0 Å². The maximum Gasteiger partial charge on any atom is 0.420 e. The van der Waals surface area contributed by atoms with Crippen LogP contribution < -0.4 is 14.4 Å². The van der Waals surface area contributed by atoms with Crippen LogP contribution in [0.1, 0.15) is 18.4 Å². The molecule has 6 heterocycles. The largest absolute Gasteiger partial charge is 0.493 e. The van der Waals surface area contributed by atoms with Gasteiger partial charge in [-0.3, -0.25) is 9.69 Å². The van der Waals surface area contributed by atoms with E-state index in [9.17, 15) is 14.4 Å². The number of anilines is 1. The first-order valence-corrected chi connectivity index (χ1v) is 12.0. The van der Waals surface area contributed by atoms with Gasteiger partial charge in [-0.05, 0) is 23.6 Å². The number of benzene rings is 1. The fourth-order valence-electron chi connectivity index (χ4n) is 8.64. The number of rotatable bonds is 2. The molecule has 1 aromatic carbocycles. The molecule has 10 nitrogen and oxygen atoms in total. The highest BCUT2D eigenvalue weighted by Crippen LogP contribution is 2.70. The molecule has 6 atom stereocenters. The Morgan fingerprint density at radius 2 is 1.80 bits per heavy atom. The van der Waals surface area contributed by atoms with Crippen molar-refractivity contribution in [3.63, 3.8) is 0 Å². The molecule has 4 saturated heterocycles. The highest BCUT2D eigenvalue weighted by molar-refractivity contribution is 6.31. The summed E-state index contributed by atoms with van der Waals surface area (Å²) in [5, 5.41) is 0. The molecule has 1 amide bonds. The van der Waals surface area contributed by atoms with E-state index in [1.54, 1.807) is 14.2 Å². The molecule has 1 aliphatic carbocycles. The topological polar surface area (TPSA) is 104 Å². The highest BCUT2D eigenvalue weighted by Gasteiger charge is 2.82. The second-order valence-corrected chi connectivity index (χ2v) is 10.5. The van der Waals surface area contributed by atoms with E-state index in [0.29, 0.717) is 31.1 Å². The molecule has 1 saturated carbocycles. The summed E-state index contributed by atoms with van der Waals surface area (Å²) in [6.07, 6.45) is 2.57. The Kier molecular flexibility index (Phi) is 3.55. The van der Waals surface area contributed by atoms with Crippen LogP contribution in [0.15, 0.2) is 23.8 Å². The number of amides is 1. The third-order valence-corrected chi connectivity index (χ3v) is 9.48. The lowest BCUT2D eigenvalue weighted by Gasteiger charge is -2.63. The van der Waals surface area contributed by atoms with Gasteiger partial charge in [0.2, 0.25) is 5.91 Å². The van der Waals surface area contributed by atoms with Gasteiger partial charge in [-0.1, -0.05) is 6.08 Å². The first-order valence-electron chi connectivity index (χ1n) is 12.0. The Morgan fingerprint density at radius 1 is 1.06 bits per heavy atom. The van der Waals surface area contributed by atoms with E-state index in [1.165, 1.54) is 0 Å². The van der Waals surface area contributed by atoms with Crippen molar-refractivity contribution in [3.05, 3.63) is 29.3 Å². The Morgan fingerprint density at radius 3 is 2.54 bits per heavy atom. The van der Waals surface area contributed by atoms with Gasteiger partial charge in [0.05, 0.1) is 51.0 Å². The van der Waals surface area contributed by atoms with Gasteiger partial charge in [0.1, 0.15) is 6.04 Å². The van der Waals surface area contributed by atoms with Gasteiger partial charge < -0.3 is 28.6 Å². The molecule has 1 aromatic rings. The van der Waals surface area contributed by atoms with Crippen molar-refractivity contribution < 1.29 is 38.1 Å². The van der Waals surface area contributed by atoms with Crippen molar-refractivity contribution in [2.45, 2.75) is 42.2 Å². The number of methoxy groups -OCH3 is 2. The number of hydrogen-bond donors (Lipinski definition) is 0. The molecule has 0 radical (unpaired) electrons.